The average molecular weight is 172 g/mol. The first-order valence-electron chi connectivity index (χ1n) is 4.24. The predicted octanol–water partition coefficient (Wildman–Crippen LogP) is 0.0746. The van der Waals surface area contributed by atoms with Crippen molar-refractivity contribution in [2.24, 2.45) is 0 Å². The van der Waals surface area contributed by atoms with E-state index < -0.39 is 0 Å². The van der Waals surface area contributed by atoms with E-state index in [1.807, 2.05) is 21.0 Å². The molecule has 0 spiro atoms. The molecule has 0 aliphatic carbocycles. The number of aliphatic hydroxyl groups excluding tert-OH is 1. The summed E-state index contributed by atoms with van der Waals surface area (Å²) in [5, 5.41) is 11.9. The molecule has 0 bridgehead atoms. The second-order valence-corrected chi connectivity index (χ2v) is 3.23. The first-order chi connectivity index (χ1) is 5.61. The van der Waals surface area contributed by atoms with Gasteiger partial charge in [0, 0.05) is 19.1 Å². The maximum atomic E-state index is 8.86. The Balaban J connectivity index is 3.67. The Kier molecular flexibility index (Phi) is 5.98. The molecule has 0 amide bonds. The molecule has 0 fully saturated rings. The van der Waals surface area contributed by atoms with Crippen molar-refractivity contribution in [1.82, 2.24) is 10.2 Å². The molecule has 12 heavy (non-hydrogen) atoms. The molecule has 0 aromatic heterocycles. The molecule has 0 saturated heterocycles. The Morgan fingerprint density at radius 1 is 1.67 bits per heavy atom. The summed E-state index contributed by atoms with van der Waals surface area (Å²) in [7, 11) is 3.89. The minimum atomic E-state index is 0.198. The van der Waals surface area contributed by atoms with Gasteiger partial charge in [0.2, 0.25) is 0 Å². The molecular formula is C9H20N2O. The van der Waals surface area contributed by atoms with Crippen LogP contribution in [0.15, 0.2) is 12.2 Å². The van der Waals surface area contributed by atoms with Crippen LogP contribution in [0.4, 0.5) is 0 Å². The highest BCUT2D eigenvalue weighted by Crippen LogP contribution is 1.98. The highest BCUT2D eigenvalue weighted by Gasteiger charge is 2.07. The van der Waals surface area contributed by atoms with E-state index in [0.717, 1.165) is 18.7 Å². The number of hydrogen-bond acceptors (Lipinski definition) is 3. The maximum Gasteiger partial charge on any atom is 0.0584 e. The summed E-state index contributed by atoms with van der Waals surface area (Å²) < 4.78 is 0. The van der Waals surface area contributed by atoms with E-state index >= 15 is 0 Å². The van der Waals surface area contributed by atoms with Crippen LogP contribution in [-0.2, 0) is 0 Å². The van der Waals surface area contributed by atoms with Gasteiger partial charge in [-0.15, -0.1) is 0 Å². The number of nitrogens with zero attached hydrogens (tertiary/aromatic N) is 1. The molecule has 0 radical (unpaired) electrons. The largest absolute Gasteiger partial charge is 0.395 e. The van der Waals surface area contributed by atoms with Crippen LogP contribution in [0.3, 0.4) is 0 Å². The summed E-state index contributed by atoms with van der Waals surface area (Å²) in [5.41, 5.74) is 1.14. The number of aliphatic hydroxyl groups is 1. The van der Waals surface area contributed by atoms with Crippen LogP contribution in [0.5, 0.6) is 0 Å². The van der Waals surface area contributed by atoms with E-state index in [9.17, 15) is 0 Å². The number of rotatable bonds is 6. The van der Waals surface area contributed by atoms with Crippen LogP contribution >= 0.6 is 0 Å². The smallest absolute Gasteiger partial charge is 0.0584 e. The molecule has 0 aliphatic rings. The Bertz CT molecular complexity index is 136. The summed E-state index contributed by atoms with van der Waals surface area (Å²) in [4.78, 5) is 2.08. The fraction of sp³-hybridized carbons (Fsp3) is 0.778. The first kappa shape index (κ1) is 11.6. The van der Waals surface area contributed by atoms with Crippen molar-refractivity contribution in [2.45, 2.75) is 13.0 Å². The molecule has 0 heterocycles. The summed E-state index contributed by atoms with van der Waals surface area (Å²) in [6.07, 6.45) is 0. The van der Waals surface area contributed by atoms with Gasteiger partial charge in [0.25, 0.3) is 0 Å². The van der Waals surface area contributed by atoms with Gasteiger partial charge in [-0.3, -0.25) is 4.90 Å². The Morgan fingerprint density at radius 2 is 2.25 bits per heavy atom. The lowest BCUT2D eigenvalue weighted by atomic mass is 10.2. The van der Waals surface area contributed by atoms with E-state index in [2.05, 4.69) is 16.8 Å². The molecule has 72 valence electrons. The van der Waals surface area contributed by atoms with Crippen molar-refractivity contribution >= 4 is 0 Å². The molecule has 2 N–H and O–H groups in total. The van der Waals surface area contributed by atoms with Crippen LogP contribution in [0.2, 0.25) is 0 Å². The van der Waals surface area contributed by atoms with Crippen LogP contribution in [0.25, 0.3) is 0 Å². The van der Waals surface area contributed by atoms with Gasteiger partial charge in [-0.1, -0.05) is 6.58 Å². The van der Waals surface area contributed by atoms with Crippen LogP contribution in [0.1, 0.15) is 6.92 Å². The normalized spacial score (nSPS) is 13.4. The quantitative estimate of drug-likeness (QED) is 0.557. The van der Waals surface area contributed by atoms with Crippen LogP contribution in [0, 0.1) is 0 Å². The molecule has 3 heteroatoms. The number of nitrogens with one attached hydrogen (secondary N) is 1. The van der Waals surface area contributed by atoms with Crippen molar-refractivity contribution in [2.75, 3.05) is 33.8 Å². The SMILES string of the molecule is C=C(CNC)CN(C)C(C)CO. The molecule has 1 atom stereocenters. The zero-order chi connectivity index (χ0) is 9.56. The molecule has 0 saturated carbocycles. The van der Waals surface area contributed by atoms with Gasteiger partial charge in [-0.05, 0) is 26.6 Å². The van der Waals surface area contributed by atoms with Gasteiger partial charge < -0.3 is 10.4 Å². The molecule has 0 aromatic carbocycles. The summed E-state index contributed by atoms with van der Waals surface area (Å²) in [6, 6.07) is 0.207. The average Bonchev–Trinajstić information content (AvgIpc) is 2.03. The maximum absolute atomic E-state index is 8.86. The fourth-order valence-electron chi connectivity index (χ4n) is 0.954. The van der Waals surface area contributed by atoms with Crippen molar-refractivity contribution < 1.29 is 5.11 Å². The molecule has 3 nitrogen and oxygen atoms in total. The Morgan fingerprint density at radius 3 is 2.67 bits per heavy atom. The number of likely N-dealkylation sites (N-methyl/N-ethyl adjacent to an activating group) is 2. The standard InChI is InChI=1S/C9H20N2O/c1-8(5-10-3)6-11(4)9(2)7-12/h9-10,12H,1,5-7H2,2-4H3. The van der Waals surface area contributed by atoms with Gasteiger partial charge in [0.15, 0.2) is 0 Å². The van der Waals surface area contributed by atoms with Crippen molar-refractivity contribution in [3.63, 3.8) is 0 Å². The number of hydrogen-bond donors (Lipinski definition) is 2. The fourth-order valence-corrected chi connectivity index (χ4v) is 0.954. The monoisotopic (exact) mass is 172 g/mol. The Hall–Kier alpha value is -0.380. The van der Waals surface area contributed by atoms with Gasteiger partial charge in [0.05, 0.1) is 6.61 Å². The first-order valence-corrected chi connectivity index (χ1v) is 4.24. The highest BCUT2D eigenvalue weighted by molar-refractivity contribution is 4.99. The highest BCUT2D eigenvalue weighted by atomic mass is 16.3. The zero-order valence-corrected chi connectivity index (χ0v) is 8.30. The van der Waals surface area contributed by atoms with Gasteiger partial charge in [0.1, 0.15) is 0 Å². The Labute approximate surface area is 75.1 Å². The van der Waals surface area contributed by atoms with E-state index in [-0.39, 0.29) is 12.6 Å². The van der Waals surface area contributed by atoms with E-state index in [1.54, 1.807) is 0 Å². The minimum absolute atomic E-state index is 0.198. The van der Waals surface area contributed by atoms with Crippen molar-refractivity contribution in [1.29, 1.82) is 0 Å². The van der Waals surface area contributed by atoms with E-state index in [1.165, 1.54) is 0 Å². The summed E-state index contributed by atoms with van der Waals surface area (Å²) >= 11 is 0. The third-order valence-corrected chi connectivity index (χ3v) is 1.92. The lowest BCUT2D eigenvalue weighted by Crippen LogP contribution is -2.34. The van der Waals surface area contributed by atoms with Crippen molar-refractivity contribution in [3.05, 3.63) is 12.2 Å². The summed E-state index contributed by atoms with van der Waals surface area (Å²) in [6.45, 7) is 7.78. The molecule has 0 aromatic rings. The van der Waals surface area contributed by atoms with Gasteiger partial charge in [-0.2, -0.15) is 0 Å². The third-order valence-electron chi connectivity index (χ3n) is 1.92. The minimum Gasteiger partial charge on any atom is -0.395 e. The summed E-state index contributed by atoms with van der Waals surface area (Å²) in [5.74, 6) is 0. The van der Waals surface area contributed by atoms with Gasteiger partial charge >= 0.3 is 0 Å². The lowest BCUT2D eigenvalue weighted by Gasteiger charge is -2.23. The second-order valence-electron chi connectivity index (χ2n) is 3.23. The topological polar surface area (TPSA) is 35.5 Å². The molecular weight excluding hydrogens is 152 g/mol. The lowest BCUT2D eigenvalue weighted by molar-refractivity contribution is 0.167. The zero-order valence-electron chi connectivity index (χ0n) is 8.30. The second kappa shape index (κ2) is 6.17. The molecule has 0 aliphatic heterocycles. The van der Waals surface area contributed by atoms with Gasteiger partial charge in [-0.25, -0.2) is 0 Å². The predicted molar refractivity (Wildman–Crippen MR) is 52.2 cm³/mol. The van der Waals surface area contributed by atoms with Crippen LogP contribution in [-0.4, -0.2) is 49.8 Å². The van der Waals surface area contributed by atoms with Crippen molar-refractivity contribution in [3.8, 4) is 0 Å². The molecule has 1 unspecified atom stereocenters. The van der Waals surface area contributed by atoms with Crippen LogP contribution < -0.4 is 5.32 Å². The third kappa shape index (κ3) is 4.49. The molecule has 0 rings (SSSR count). The van der Waals surface area contributed by atoms with E-state index in [0.29, 0.717) is 0 Å². The van der Waals surface area contributed by atoms with E-state index in [4.69, 9.17) is 5.11 Å².